The van der Waals surface area contributed by atoms with Crippen molar-refractivity contribution in [2.75, 3.05) is 5.32 Å². The third-order valence-electron chi connectivity index (χ3n) is 5.83. The van der Waals surface area contributed by atoms with Crippen molar-refractivity contribution in [2.45, 2.75) is 59.4 Å². The van der Waals surface area contributed by atoms with Gasteiger partial charge >= 0.3 is 5.97 Å². The van der Waals surface area contributed by atoms with E-state index in [1.165, 1.54) is 11.3 Å². The molecule has 0 aliphatic heterocycles. The molecule has 6 nitrogen and oxygen atoms in total. The van der Waals surface area contributed by atoms with Gasteiger partial charge in [0.1, 0.15) is 5.00 Å². The second-order valence-corrected chi connectivity index (χ2v) is 10.2. The van der Waals surface area contributed by atoms with Crippen LogP contribution in [0.4, 0.5) is 5.00 Å². The zero-order valence-corrected chi connectivity index (χ0v) is 19.1. The van der Waals surface area contributed by atoms with E-state index in [1.54, 1.807) is 0 Å². The number of carbonyl (C=O) groups is 3. The van der Waals surface area contributed by atoms with Crippen LogP contribution in [0.2, 0.25) is 0 Å². The number of carboxylic acids is 1. The van der Waals surface area contributed by atoms with Gasteiger partial charge in [0.2, 0.25) is 5.91 Å². The first-order valence-corrected chi connectivity index (χ1v) is 11.4. The minimum Gasteiger partial charge on any atom is -0.481 e. The van der Waals surface area contributed by atoms with Gasteiger partial charge in [-0.25, -0.2) is 0 Å². The molecule has 1 aromatic carbocycles. The molecule has 0 spiro atoms. The third kappa shape index (κ3) is 5.94. The number of hydrogen-bond acceptors (Lipinski definition) is 4. The lowest BCUT2D eigenvalue weighted by molar-refractivity contribution is -0.138. The van der Waals surface area contributed by atoms with Gasteiger partial charge in [-0.15, -0.1) is 11.3 Å². The molecule has 0 saturated heterocycles. The van der Waals surface area contributed by atoms with E-state index in [2.05, 4.69) is 31.4 Å². The van der Waals surface area contributed by atoms with Gasteiger partial charge in [0.25, 0.3) is 5.91 Å². The summed E-state index contributed by atoms with van der Waals surface area (Å²) in [7, 11) is 0. The number of anilines is 1. The normalized spacial score (nSPS) is 15.8. The van der Waals surface area contributed by atoms with Crippen molar-refractivity contribution in [3.05, 3.63) is 51.9 Å². The van der Waals surface area contributed by atoms with E-state index >= 15 is 0 Å². The Bertz CT molecular complexity index is 960. The van der Waals surface area contributed by atoms with Gasteiger partial charge < -0.3 is 15.7 Å². The maximum atomic E-state index is 13.1. The van der Waals surface area contributed by atoms with Gasteiger partial charge in [-0.3, -0.25) is 14.4 Å². The molecule has 0 radical (unpaired) electrons. The van der Waals surface area contributed by atoms with Crippen molar-refractivity contribution in [3.8, 4) is 0 Å². The molecular formula is C24H30N2O4S. The highest BCUT2D eigenvalue weighted by Crippen LogP contribution is 2.44. The lowest BCUT2D eigenvalue weighted by atomic mass is 9.72. The number of nitrogens with one attached hydrogen (secondary N) is 2. The highest BCUT2D eigenvalue weighted by Gasteiger charge is 2.34. The molecule has 0 bridgehead atoms. The van der Waals surface area contributed by atoms with Gasteiger partial charge in [0.05, 0.1) is 12.0 Å². The molecule has 31 heavy (non-hydrogen) atoms. The predicted molar refractivity (Wildman–Crippen MR) is 122 cm³/mol. The first kappa shape index (κ1) is 23.0. The molecule has 1 aromatic heterocycles. The van der Waals surface area contributed by atoms with E-state index in [-0.39, 0.29) is 30.1 Å². The maximum Gasteiger partial charge on any atom is 0.303 e. The summed E-state index contributed by atoms with van der Waals surface area (Å²) in [5, 5.41) is 15.2. The standard InChI is InChI=1S/C24H30N2O4S/c1-24(2,3)16-9-10-17-18(13-16)31-23(26-19(27)11-12-20(28)29)21(17)22(30)25-14-15-7-5-4-6-8-15/h4-8,16H,9-14H2,1-3H3,(H,25,30)(H,26,27)(H,28,29)/t16-/m1/s1. The van der Waals surface area contributed by atoms with Crippen LogP contribution in [0, 0.1) is 11.3 Å². The average molecular weight is 443 g/mol. The first-order valence-electron chi connectivity index (χ1n) is 10.6. The Morgan fingerprint density at radius 1 is 1.13 bits per heavy atom. The highest BCUT2D eigenvalue weighted by molar-refractivity contribution is 7.17. The van der Waals surface area contributed by atoms with E-state index < -0.39 is 5.97 Å². The molecule has 3 rings (SSSR count). The molecule has 1 aliphatic carbocycles. The van der Waals surface area contributed by atoms with Crippen molar-refractivity contribution < 1.29 is 19.5 Å². The lowest BCUT2D eigenvalue weighted by Crippen LogP contribution is -2.28. The maximum absolute atomic E-state index is 13.1. The molecule has 2 amide bonds. The summed E-state index contributed by atoms with van der Waals surface area (Å²) in [6.07, 6.45) is 2.32. The smallest absolute Gasteiger partial charge is 0.303 e. The SMILES string of the molecule is CC(C)(C)[C@@H]1CCc2c(sc(NC(=O)CCC(=O)O)c2C(=O)NCc2ccccc2)C1. The molecule has 0 fully saturated rings. The minimum atomic E-state index is -1.02. The Morgan fingerprint density at radius 2 is 1.84 bits per heavy atom. The Labute approximate surface area is 187 Å². The van der Waals surface area contributed by atoms with Crippen molar-refractivity contribution in [2.24, 2.45) is 11.3 Å². The van der Waals surface area contributed by atoms with Crippen LogP contribution >= 0.6 is 11.3 Å². The summed E-state index contributed by atoms with van der Waals surface area (Å²) in [4.78, 5) is 37.4. The number of fused-ring (bicyclic) bond motifs is 1. The molecule has 2 aromatic rings. The highest BCUT2D eigenvalue weighted by atomic mass is 32.1. The molecular weight excluding hydrogens is 412 g/mol. The molecule has 3 N–H and O–H groups in total. The van der Waals surface area contributed by atoms with Crippen LogP contribution in [0.1, 0.15) is 66.4 Å². The largest absolute Gasteiger partial charge is 0.481 e. The Balaban J connectivity index is 1.84. The fraction of sp³-hybridized carbons (Fsp3) is 0.458. The molecule has 0 saturated carbocycles. The second-order valence-electron chi connectivity index (χ2n) is 9.12. The van der Waals surface area contributed by atoms with Gasteiger partial charge in [0, 0.05) is 17.8 Å². The summed E-state index contributed by atoms with van der Waals surface area (Å²) < 4.78 is 0. The zero-order valence-electron chi connectivity index (χ0n) is 18.3. The van der Waals surface area contributed by atoms with E-state index in [9.17, 15) is 14.4 Å². The lowest BCUT2D eigenvalue weighted by Gasteiger charge is -2.33. The fourth-order valence-electron chi connectivity index (χ4n) is 3.93. The van der Waals surface area contributed by atoms with Crippen LogP contribution in [-0.2, 0) is 29.0 Å². The number of carboxylic acid groups (broad SMARTS) is 1. The van der Waals surface area contributed by atoms with Crippen LogP contribution in [0.25, 0.3) is 0 Å². The summed E-state index contributed by atoms with van der Waals surface area (Å²) in [5.74, 6) is -1.10. The minimum absolute atomic E-state index is 0.117. The van der Waals surface area contributed by atoms with Gasteiger partial charge in [-0.05, 0) is 41.7 Å². The quantitative estimate of drug-likeness (QED) is 0.582. The molecule has 1 heterocycles. The van der Waals surface area contributed by atoms with Crippen molar-refractivity contribution in [1.29, 1.82) is 0 Å². The number of amides is 2. The first-order chi connectivity index (χ1) is 14.6. The summed E-state index contributed by atoms with van der Waals surface area (Å²) in [6, 6.07) is 9.68. The van der Waals surface area contributed by atoms with E-state index in [0.717, 1.165) is 35.3 Å². The Hall–Kier alpha value is -2.67. The van der Waals surface area contributed by atoms with Crippen molar-refractivity contribution >= 4 is 34.1 Å². The Kier molecular flexibility index (Phi) is 7.15. The molecule has 7 heteroatoms. The molecule has 0 unspecified atom stereocenters. The van der Waals surface area contributed by atoms with Crippen LogP contribution in [-0.4, -0.2) is 22.9 Å². The van der Waals surface area contributed by atoms with E-state index in [4.69, 9.17) is 5.11 Å². The van der Waals surface area contributed by atoms with Crippen LogP contribution in [0.15, 0.2) is 30.3 Å². The summed E-state index contributed by atoms with van der Waals surface area (Å²) in [5.41, 5.74) is 2.72. The van der Waals surface area contributed by atoms with Crippen molar-refractivity contribution in [1.82, 2.24) is 5.32 Å². The van der Waals surface area contributed by atoms with Crippen LogP contribution in [0.5, 0.6) is 0 Å². The molecule has 1 aliphatic rings. The number of carbonyl (C=O) groups excluding carboxylic acids is 2. The third-order valence-corrected chi connectivity index (χ3v) is 7.00. The molecule has 166 valence electrons. The van der Waals surface area contributed by atoms with Crippen molar-refractivity contribution in [3.63, 3.8) is 0 Å². The molecule has 1 atom stereocenters. The fourth-order valence-corrected chi connectivity index (χ4v) is 5.27. The van der Waals surface area contributed by atoms with Crippen LogP contribution in [0.3, 0.4) is 0 Å². The topological polar surface area (TPSA) is 95.5 Å². The monoisotopic (exact) mass is 442 g/mol. The number of rotatable bonds is 7. The second kappa shape index (κ2) is 9.64. The number of thiophene rings is 1. The average Bonchev–Trinajstić information content (AvgIpc) is 3.07. The number of aliphatic carboxylic acids is 1. The van der Waals surface area contributed by atoms with E-state index in [0.29, 0.717) is 23.0 Å². The van der Waals surface area contributed by atoms with Gasteiger partial charge in [0.15, 0.2) is 0 Å². The van der Waals surface area contributed by atoms with Gasteiger partial charge in [-0.1, -0.05) is 51.1 Å². The summed E-state index contributed by atoms with van der Waals surface area (Å²) in [6.45, 7) is 7.11. The van der Waals surface area contributed by atoms with E-state index in [1.807, 2.05) is 30.3 Å². The van der Waals surface area contributed by atoms with Gasteiger partial charge in [-0.2, -0.15) is 0 Å². The Morgan fingerprint density at radius 3 is 2.48 bits per heavy atom. The number of hydrogen-bond donors (Lipinski definition) is 3. The van der Waals surface area contributed by atoms with Crippen LogP contribution < -0.4 is 10.6 Å². The zero-order chi connectivity index (χ0) is 22.6. The summed E-state index contributed by atoms with van der Waals surface area (Å²) >= 11 is 1.45. The number of benzene rings is 1. The predicted octanol–water partition coefficient (Wildman–Crippen LogP) is 4.63.